The van der Waals surface area contributed by atoms with E-state index in [4.69, 9.17) is 10.7 Å². The van der Waals surface area contributed by atoms with E-state index in [9.17, 15) is 12.8 Å². The smallest absolute Gasteiger partial charge is 0.263 e. The maximum atomic E-state index is 13.2. The molecule has 0 amide bonds. The Labute approximate surface area is 109 Å². The fourth-order valence-corrected chi connectivity index (χ4v) is 2.77. The molecular formula is C12H9ClFNO2S. The van der Waals surface area contributed by atoms with Crippen LogP contribution in [0.1, 0.15) is 6.92 Å². The average molecular weight is 286 g/mol. The molecule has 2 rings (SSSR count). The van der Waals surface area contributed by atoms with Gasteiger partial charge in [0.25, 0.3) is 9.05 Å². The van der Waals surface area contributed by atoms with Crippen LogP contribution in [0.5, 0.6) is 0 Å². The van der Waals surface area contributed by atoms with Crippen LogP contribution in [0.4, 0.5) is 4.39 Å². The highest BCUT2D eigenvalue weighted by Crippen LogP contribution is 2.28. The summed E-state index contributed by atoms with van der Waals surface area (Å²) in [7, 11) is 1.42. The van der Waals surface area contributed by atoms with Crippen molar-refractivity contribution in [3.63, 3.8) is 0 Å². The highest BCUT2D eigenvalue weighted by molar-refractivity contribution is 8.14. The van der Waals surface area contributed by atoms with Crippen molar-refractivity contribution >= 4 is 30.6 Å². The van der Waals surface area contributed by atoms with Gasteiger partial charge in [-0.2, -0.15) is 0 Å². The summed E-state index contributed by atoms with van der Waals surface area (Å²) in [6, 6.07) is 3.93. The van der Waals surface area contributed by atoms with Gasteiger partial charge in [0.05, 0.1) is 12.1 Å². The zero-order chi connectivity index (χ0) is 13.3. The Kier molecular flexibility index (Phi) is 3.33. The second-order valence-corrected chi connectivity index (χ2v) is 6.18. The van der Waals surface area contributed by atoms with Gasteiger partial charge in [-0.3, -0.25) is 0 Å². The van der Waals surface area contributed by atoms with Crippen molar-refractivity contribution in [2.75, 3.05) is 0 Å². The van der Waals surface area contributed by atoms with Crippen LogP contribution >= 0.6 is 10.7 Å². The summed E-state index contributed by atoms with van der Waals surface area (Å²) in [6.45, 7) is 2.01. The Morgan fingerprint density at radius 2 is 2.17 bits per heavy atom. The topological polar surface area (TPSA) is 39.1 Å². The molecule has 94 valence electrons. The van der Waals surface area contributed by atoms with Crippen LogP contribution < -0.4 is 0 Å². The number of halogens is 2. The minimum absolute atomic E-state index is 0.100. The predicted octanol–water partition coefficient (Wildman–Crippen LogP) is 2.73. The van der Waals surface area contributed by atoms with E-state index in [0.29, 0.717) is 12.1 Å². The lowest BCUT2D eigenvalue weighted by Gasteiger charge is -1.98. The Balaban J connectivity index is 2.78. The largest absolute Gasteiger partial charge is 0.334 e. The number of nitrogens with zero attached hydrogens (tertiary/aromatic N) is 1. The van der Waals surface area contributed by atoms with Gasteiger partial charge in [0.15, 0.2) is 0 Å². The lowest BCUT2D eigenvalue weighted by atomic mass is 10.2. The fraction of sp³-hybridized carbons (Fsp3) is 0.167. The van der Waals surface area contributed by atoms with Gasteiger partial charge in [-0.05, 0) is 25.1 Å². The SMILES string of the molecule is CC#CCn1cc(S(=O)(=O)Cl)c2cc(F)ccc21. The summed E-state index contributed by atoms with van der Waals surface area (Å²) in [5, 5.41) is 0.267. The van der Waals surface area contributed by atoms with Gasteiger partial charge in [-0.1, -0.05) is 5.92 Å². The molecule has 0 aliphatic carbocycles. The van der Waals surface area contributed by atoms with E-state index in [1.807, 2.05) is 0 Å². The molecule has 1 heterocycles. The maximum Gasteiger partial charge on any atom is 0.263 e. The highest BCUT2D eigenvalue weighted by Gasteiger charge is 2.18. The molecule has 0 radical (unpaired) electrons. The van der Waals surface area contributed by atoms with E-state index in [2.05, 4.69) is 11.8 Å². The molecule has 0 bridgehead atoms. The Bertz CT molecular complexity index is 768. The number of aromatic nitrogens is 1. The van der Waals surface area contributed by atoms with Crippen molar-refractivity contribution in [2.45, 2.75) is 18.4 Å². The fourth-order valence-electron chi connectivity index (χ4n) is 1.73. The molecule has 0 fully saturated rings. The van der Waals surface area contributed by atoms with Crippen molar-refractivity contribution in [1.82, 2.24) is 4.57 Å². The van der Waals surface area contributed by atoms with Gasteiger partial charge >= 0.3 is 0 Å². The van der Waals surface area contributed by atoms with Crippen molar-refractivity contribution < 1.29 is 12.8 Å². The Morgan fingerprint density at radius 3 is 2.78 bits per heavy atom. The number of rotatable bonds is 2. The van der Waals surface area contributed by atoms with E-state index in [1.165, 1.54) is 18.3 Å². The van der Waals surface area contributed by atoms with Gasteiger partial charge in [0.1, 0.15) is 10.7 Å². The molecular weight excluding hydrogens is 277 g/mol. The number of hydrogen-bond acceptors (Lipinski definition) is 2. The lowest BCUT2D eigenvalue weighted by Crippen LogP contribution is -1.93. The van der Waals surface area contributed by atoms with Gasteiger partial charge < -0.3 is 4.57 Å². The third-order valence-electron chi connectivity index (χ3n) is 2.50. The molecule has 6 heteroatoms. The van der Waals surface area contributed by atoms with Gasteiger partial charge in [-0.15, -0.1) is 5.92 Å². The molecule has 1 aromatic heterocycles. The molecule has 0 saturated heterocycles. The second-order valence-electron chi connectivity index (χ2n) is 3.65. The summed E-state index contributed by atoms with van der Waals surface area (Å²) >= 11 is 0. The van der Waals surface area contributed by atoms with Crippen LogP contribution in [0, 0.1) is 17.7 Å². The second kappa shape index (κ2) is 4.63. The summed E-state index contributed by atoms with van der Waals surface area (Å²) in [4.78, 5) is -0.100. The summed E-state index contributed by atoms with van der Waals surface area (Å²) in [6.07, 6.45) is 1.37. The van der Waals surface area contributed by atoms with Crippen LogP contribution in [0.3, 0.4) is 0 Å². The molecule has 0 aliphatic rings. The van der Waals surface area contributed by atoms with E-state index >= 15 is 0 Å². The monoisotopic (exact) mass is 285 g/mol. The molecule has 0 spiro atoms. The predicted molar refractivity (Wildman–Crippen MR) is 68.4 cm³/mol. The van der Waals surface area contributed by atoms with Gasteiger partial charge in [0, 0.05) is 22.3 Å². The molecule has 0 N–H and O–H groups in total. The minimum atomic E-state index is -3.91. The van der Waals surface area contributed by atoms with E-state index in [1.54, 1.807) is 11.5 Å². The van der Waals surface area contributed by atoms with E-state index < -0.39 is 14.9 Å². The van der Waals surface area contributed by atoms with E-state index in [-0.39, 0.29) is 10.3 Å². The van der Waals surface area contributed by atoms with Crippen molar-refractivity contribution in [1.29, 1.82) is 0 Å². The molecule has 3 nitrogen and oxygen atoms in total. The third kappa shape index (κ3) is 2.35. The highest BCUT2D eigenvalue weighted by atomic mass is 35.7. The first-order valence-electron chi connectivity index (χ1n) is 5.06. The number of fused-ring (bicyclic) bond motifs is 1. The van der Waals surface area contributed by atoms with Crippen LogP contribution in [-0.2, 0) is 15.6 Å². The average Bonchev–Trinajstić information content (AvgIpc) is 2.64. The zero-order valence-electron chi connectivity index (χ0n) is 9.44. The Hall–Kier alpha value is -1.51. The first-order chi connectivity index (χ1) is 8.43. The standard InChI is InChI=1S/C12H9ClFNO2S/c1-2-3-6-15-8-12(18(13,16)17)10-7-9(14)4-5-11(10)15/h4-5,7-8H,6H2,1H3. The van der Waals surface area contributed by atoms with Crippen LogP contribution in [0.2, 0.25) is 0 Å². The summed E-state index contributed by atoms with van der Waals surface area (Å²) in [5.74, 6) is 5.02. The lowest BCUT2D eigenvalue weighted by molar-refractivity contribution is 0.610. The maximum absolute atomic E-state index is 13.2. The van der Waals surface area contributed by atoms with Crippen molar-refractivity contribution in [2.24, 2.45) is 0 Å². The zero-order valence-corrected chi connectivity index (χ0v) is 11.0. The molecule has 2 aromatic rings. The molecule has 0 aliphatic heterocycles. The molecule has 1 aromatic carbocycles. The van der Waals surface area contributed by atoms with Crippen molar-refractivity contribution in [3.05, 3.63) is 30.2 Å². The van der Waals surface area contributed by atoms with Gasteiger partial charge in [0.2, 0.25) is 0 Å². The normalized spacial score (nSPS) is 11.3. The van der Waals surface area contributed by atoms with Crippen LogP contribution in [-0.4, -0.2) is 13.0 Å². The van der Waals surface area contributed by atoms with Crippen LogP contribution in [0.15, 0.2) is 29.3 Å². The molecule has 0 saturated carbocycles. The third-order valence-corrected chi connectivity index (χ3v) is 3.84. The van der Waals surface area contributed by atoms with E-state index in [0.717, 1.165) is 6.07 Å². The first-order valence-corrected chi connectivity index (χ1v) is 7.37. The molecule has 0 unspecified atom stereocenters. The summed E-state index contributed by atoms with van der Waals surface area (Å²) in [5.41, 5.74) is 0.582. The molecule has 18 heavy (non-hydrogen) atoms. The Morgan fingerprint density at radius 1 is 1.44 bits per heavy atom. The van der Waals surface area contributed by atoms with Crippen LogP contribution in [0.25, 0.3) is 10.9 Å². The number of hydrogen-bond donors (Lipinski definition) is 0. The molecule has 0 atom stereocenters. The van der Waals surface area contributed by atoms with Gasteiger partial charge in [-0.25, -0.2) is 12.8 Å². The summed E-state index contributed by atoms with van der Waals surface area (Å²) < 4.78 is 37.7. The quantitative estimate of drug-likeness (QED) is 0.629. The first kappa shape index (κ1) is 12.9. The number of benzene rings is 1. The van der Waals surface area contributed by atoms with Crippen molar-refractivity contribution in [3.8, 4) is 11.8 Å². The minimum Gasteiger partial charge on any atom is -0.334 e.